The number of primary amides is 1. The lowest BCUT2D eigenvalue weighted by molar-refractivity contribution is 0.100. The number of carbonyl (C=O) groups excluding carboxylic acids is 1. The molecular weight excluding hydrogens is 347 g/mol. The molecule has 8 heteroatoms. The standard InChI is InChI=1S/C19H23FN6O/c1-25(2)15-8-3-12(10-21)17(9-15)26-11-16(18(22)27)19(24-26)23-14-6-4-13(20)5-7-14/h4-7,11-12,15,17H,3,8-9H2,1-2H3,(H2,22,27)(H,23,24)/t12?,15-,17?/m1/s1. The summed E-state index contributed by atoms with van der Waals surface area (Å²) in [6.45, 7) is 0. The van der Waals surface area contributed by atoms with Crippen LogP contribution in [0.15, 0.2) is 30.5 Å². The highest BCUT2D eigenvalue weighted by atomic mass is 19.1. The van der Waals surface area contributed by atoms with Crippen molar-refractivity contribution in [2.75, 3.05) is 19.4 Å². The van der Waals surface area contributed by atoms with Crippen molar-refractivity contribution < 1.29 is 9.18 Å². The van der Waals surface area contributed by atoms with Gasteiger partial charge in [-0.05, 0) is 57.6 Å². The van der Waals surface area contributed by atoms with Crippen molar-refractivity contribution in [3.05, 3.63) is 41.8 Å². The monoisotopic (exact) mass is 370 g/mol. The van der Waals surface area contributed by atoms with Gasteiger partial charge < -0.3 is 16.0 Å². The van der Waals surface area contributed by atoms with Gasteiger partial charge in [0, 0.05) is 17.9 Å². The lowest BCUT2D eigenvalue weighted by atomic mass is 9.82. The molecule has 3 rings (SSSR count). The molecule has 1 aliphatic carbocycles. The highest BCUT2D eigenvalue weighted by molar-refractivity contribution is 5.98. The third-order valence-electron chi connectivity index (χ3n) is 5.13. The van der Waals surface area contributed by atoms with Gasteiger partial charge in [-0.2, -0.15) is 10.4 Å². The van der Waals surface area contributed by atoms with E-state index in [4.69, 9.17) is 5.73 Å². The Hall–Kier alpha value is -2.92. The number of halogens is 1. The van der Waals surface area contributed by atoms with Gasteiger partial charge in [-0.15, -0.1) is 0 Å². The van der Waals surface area contributed by atoms with Gasteiger partial charge in [-0.1, -0.05) is 0 Å². The number of benzene rings is 1. The highest BCUT2D eigenvalue weighted by Gasteiger charge is 2.34. The molecule has 1 aliphatic rings. The van der Waals surface area contributed by atoms with Gasteiger partial charge in [0.15, 0.2) is 5.82 Å². The summed E-state index contributed by atoms with van der Waals surface area (Å²) in [6.07, 6.45) is 4.09. The average Bonchev–Trinajstić information content (AvgIpc) is 3.07. The number of anilines is 2. The van der Waals surface area contributed by atoms with Gasteiger partial charge in [0.1, 0.15) is 11.4 Å². The third-order valence-corrected chi connectivity index (χ3v) is 5.13. The van der Waals surface area contributed by atoms with Gasteiger partial charge in [-0.3, -0.25) is 9.48 Å². The summed E-state index contributed by atoms with van der Waals surface area (Å²) in [7, 11) is 4.04. The van der Waals surface area contributed by atoms with Gasteiger partial charge >= 0.3 is 0 Å². The maximum absolute atomic E-state index is 13.1. The van der Waals surface area contributed by atoms with Crippen molar-refractivity contribution in [1.82, 2.24) is 14.7 Å². The van der Waals surface area contributed by atoms with E-state index in [0.717, 1.165) is 19.3 Å². The molecule has 0 spiro atoms. The Morgan fingerprint density at radius 1 is 1.37 bits per heavy atom. The molecule has 1 fully saturated rings. The molecule has 2 unspecified atom stereocenters. The maximum atomic E-state index is 13.1. The second kappa shape index (κ2) is 7.76. The summed E-state index contributed by atoms with van der Waals surface area (Å²) < 4.78 is 14.8. The minimum atomic E-state index is -0.612. The predicted molar refractivity (Wildman–Crippen MR) is 99.9 cm³/mol. The fourth-order valence-corrected chi connectivity index (χ4v) is 3.54. The van der Waals surface area contributed by atoms with Crippen molar-refractivity contribution in [1.29, 1.82) is 5.26 Å². The van der Waals surface area contributed by atoms with Crippen LogP contribution in [0.3, 0.4) is 0 Å². The van der Waals surface area contributed by atoms with Crippen LogP contribution in [0.4, 0.5) is 15.9 Å². The van der Waals surface area contributed by atoms with E-state index in [2.05, 4.69) is 21.4 Å². The number of amides is 1. The van der Waals surface area contributed by atoms with Crippen LogP contribution in [0.2, 0.25) is 0 Å². The second-order valence-electron chi connectivity index (χ2n) is 7.10. The van der Waals surface area contributed by atoms with Crippen LogP contribution in [0, 0.1) is 23.1 Å². The average molecular weight is 370 g/mol. The first kappa shape index (κ1) is 18.9. The molecule has 0 bridgehead atoms. The van der Waals surface area contributed by atoms with Gasteiger partial charge in [0.2, 0.25) is 0 Å². The van der Waals surface area contributed by atoms with E-state index >= 15 is 0 Å². The third kappa shape index (κ3) is 4.09. The highest BCUT2D eigenvalue weighted by Crippen LogP contribution is 2.36. The van der Waals surface area contributed by atoms with Crippen LogP contribution in [0.1, 0.15) is 35.7 Å². The van der Waals surface area contributed by atoms with Crippen LogP contribution in [0.25, 0.3) is 0 Å². The van der Waals surface area contributed by atoms with Crippen molar-refractivity contribution in [2.45, 2.75) is 31.3 Å². The molecule has 2 aromatic rings. The maximum Gasteiger partial charge on any atom is 0.254 e. The Kier molecular flexibility index (Phi) is 5.42. The van der Waals surface area contributed by atoms with Crippen LogP contribution >= 0.6 is 0 Å². The van der Waals surface area contributed by atoms with E-state index in [0.29, 0.717) is 17.5 Å². The van der Waals surface area contributed by atoms with E-state index in [9.17, 15) is 14.4 Å². The zero-order valence-electron chi connectivity index (χ0n) is 15.4. The number of nitriles is 1. The molecule has 142 valence electrons. The zero-order chi connectivity index (χ0) is 19.6. The molecule has 1 aromatic carbocycles. The van der Waals surface area contributed by atoms with E-state index in [1.54, 1.807) is 23.0 Å². The quantitative estimate of drug-likeness (QED) is 0.843. The molecule has 3 N–H and O–H groups in total. The fraction of sp³-hybridized carbons (Fsp3) is 0.421. The minimum absolute atomic E-state index is 0.141. The fourth-order valence-electron chi connectivity index (χ4n) is 3.54. The summed E-state index contributed by atoms with van der Waals surface area (Å²) in [5.74, 6) is -0.840. The number of hydrogen-bond donors (Lipinski definition) is 2. The summed E-state index contributed by atoms with van der Waals surface area (Å²) in [4.78, 5) is 14.0. The zero-order valence-corrected chi connectivity index (χ0v) is 15.4. The molecule has 7 nitrogen and oxygen atoms in total. The lowest BCUT2D eigenvalue weighted by Gasteiger charge is -2.36. The van der Waals surface area contributed by atoms with Gasteiger partial charge in [-0.25, -0.2) is 4.39 Å². The van der Waals surface area contributed by atoms with Gasteiger partial charge in [0.05, 0.1) is 18.0 Å². The van der Waals surface area contributed by atoms with Crippen molar-refractivity contribution >= 4 is 17.4 Å². The SMILES string of the molecule is CN(C)[C@@H]1CCC(C#N)C(n2cc(C(N)=O)c(Nc3ccc(F)cc3)n2)C1. The second-order valence-corrected chi connectivity index (χ2v) is 7.10. The van der Waals surface area contributed by atoms with E-state index < -0.39 is 5.91 Å². The first-order chi connectivity index (χ1) is 12.9. The molecular formula is C19H23FN6O. The Morgan fingerprint density at radius 2 is 2.07 bits per heavy atom. The van der Waals surface area contributed by atoms with Crippen molar-refractivity contribution in [2.24, 2.45) is 11.7 Å². The van der Waals surface area contributed by atoms with Crippen molar-refractivity contribution in [3.63, 3.8) is 0 Å². The largest absolute Gasteiger partial charge is 0.365 e. The number of aromatic nitrogens is 2. The molecule has 27 heavy (non-hydrogen) atoms. The van der Waals surface area contributed by atoms with Crippen LogP contribution in [0.5, 0.6) is 0 Å². The number of nitrogens with two attached hydrogens (primary N) is 1. The molecule has 1 saturated carbocycles. The summed E-state index contributed by atoms with van der Waals surface area (Å²) in [5, 5.41) is 17.1. The Morgan fingerprint density at radius 3 is 2.67 bits per heavy atom. The van der Waals surface area contributed by atoms with Crippen molar-refractivity contribution in [3.8, 4) is 6.07 Å². The van der Waals surface area contributed by atoms with Crippen LogP contribution in [-0.4, -0.2) is 40.7 Å². The molecule has 1 heterocycles. The van der Waals surface area contributed by atoms with Crippen LogP contribution < -0.4 is 11.1 Å². The lowest BCUT2D eigenvalue weighted by Crippen LogP contribution is -2.37. The number of nitrogens with zero attached hydrogens (tertiary/aromatic N) is 4. The topological polar surface area (TPSA) is 100.0 Å². The molecule has 0 aliphatic heterocycles. The van der Waals surface area contributed by atoms with E-state index in [1.807, 2.05) is 14.1 Å². The number of hydrogen-bond acceptors (Lipinski definition) is 5. The van der Waals surface area contributed by atoms with Gasteiger partial charge in [0.25, 0.3) is 5.91 Å². The van der Waals surface area contributed by atoms with E-state index in [1.165, 1.54) is 12.1 Å². The Bertz CT molecular complexity index is 854. The molecule has 3 atom stereocenters. The van der Waals surface area contributed by atoms with E-state index in [-0.39, 0.29) is 23.3 Å². The van der Waals surface area contributed by atoms with Crippen LogP contribution in [-0.2, 0) is 0 Å². The summed E-state index contributed by atoms with van der Waals surface area (Å²) >= 11 is 0. The minimum Gasteiger partial charge on any atom is -0.365 e. The number of nitrogens with one attached hydrogen (secondary N) is 1. The summed E-state index contributed by atoms with van der Waals surface area (Å²) in [5.41, 5.74) is 6.34. The first-order valence-electron chi connectivity index (χ1n) is 8.86. The Balaban J connectivity index is 1.92. The summed E-state index contributed by atoms with van der Waals surface area (Å²) in [6, 6.07) is 8.31. The molecule has 1 amide bonds. The number of rotatable bonds is 5. The molecule has 0 radical (unpaired) electrons. The Labute approximate surface area is 157 Å². The number of carbonyl (C=O) groups is 1. The smallest absolute Gasteiger partial charge is 0.254 e. The molecule has 1 aromatic heterocycles. The molecule has 0 saturated heterocycles. The first-order valence-corrected chi connectivity index (χ1v) is 8.86. The predicted octanol–water partition coefficient (Wildman–Crippen LogP) is 2.66. The normalized spacial score (nSPS) is 22.4.